The fourth-order valence-electron chi connectivity index (χ4n) is 1.83. The number of hydrogen-bond donors (Lipinski definition) is 1. The van der Waals surface area contributed by atoms with Gasteiger partial charge in [-0.15, -0.1) is 0 Å². The third-order valence-corrected chi connectivity index (χ3v) is 2.90. The summed E-state index contributed by atoms with van der Waals surface area (Å²) in [6.45, 7) is 0.528. The molecule has 0 saturated heterocycles. The van der Waals surface area contributed by atoms with Gasteiger partial charge >= 0.3 is 0 Å². The molecule has 1 aromatic carbocycles. The Labute approximate surface area is 107 Å². The zero-order valence-corrected chi connectivity index (χ0v) is 10.1. The molecule has 6 heteroatoms. The molecule has 0 unspecified atom stereocenters. The Morgan fingerprint density at radius 1 is 1.39 bits per heavy atom. The smallest absolute Gasteiger partial charge is 0.261 e. The monoisotopic (exact) mass is 260 g/mol. The van der Waals surface area contributed by atoms with Crippen LogP contribution in [0.2, 0.25) is 5.02 Å². The highest BCUT2D eigenvalue weighted by Gasteiger charge is 2.07. The summed E-state index contributed by atoms with van der Waals surface area (Å²) in [6, 6.07) is 7.51. The Morgan fingerprint density at radius 2 is 2.28 bits per heavy atom. The largest absolute Gasteiger partial charge is 0.312 e. The van der Waals surface area contributed by atoms with E-state index >= 15 is 0 Å². The molecule has 5 nitrogen and oxygen atoms in total. The molecule has 0 aliphatic carbocycles. The number of rotatable bonds is 2. The molecule has 0 amide bonds. The molecule has 2 heterocycles. The highest BCUT2D eigenvalue weighted by Crippen LogP contribution is 2.13. The quantitative estimate of drug-likeness (QED) is 0.764. The SMILES string of the molecule is O=c1[nH]cnc2c1cnn2Cc1cccc(Cl)c1. The van der Waals surface area contributed by atoms with Crippen LogP contribution in [0, 0.1) is 0 Å². The second-order valence-corrected chi connectivity index (χ2v) is 4.34. The average Bonchev–Trinajstić information content (AvgIpc) is 2.74. The lowest BCUT2D eigenvalue weighted by Crippen LogP contribution is -2.08. The van der Waals surface area contributed by atoms with E-state index in [1.807, 2.05) is 24.3 Å². The van der Waals surface area contributed by atoms with Gasteiger partial charge in [0.05, 0.1) is 19.1 Å². The van der Waals surface area contributed by atoms with Crippen molar-refractivity contribution < 1.29 is 0 Å². The van der Waals surface area contributed by atoms with Gasteiger partial charge in [0, 0.05) is 5.02 Å². The van der Waals surface area contributed by atoms with Gasteiger partial charge < -0.3 is 4.98 Å². The number of hydrogen-bond acceptors (Lipinski definition) is 3. The average molecular weight is 261 g/mol. The Bertz CT molecular complexity index is 762. The highest BCUT2D eigenvalue weighted by atomic mass is 35.5. The maximum absolute atomic E-state index is 11.5. The molecule has 18 heavy (non-hydrogen) atoms. The number of benzene rings is 1. The summed E-state index contributed by atoms with van der Waals surface area (Å²) in [5, 5.41) is 5.33. The fourth-order valence-corrected chi connectivity index (χ4v) is 2.04. The van der Waals surface area contributed by atoms with Crippen LogP contribution in [0.4, 0.5) is 0 Å². The second kappa shape index (κ2) is 4.27. The van der Waals surface area contributed by atoms with Gasteiger partial charge in [0.15, 0.2) is 5.65 Å². The van der Waals surface area contributed by atoms with Crippen molar-refractivity contribution in [1.82, 2.24) is 19.7 Å². The van der Waals surface area contributed by atoms with Crippen molar-refractivity contribution in [2.24, 2.45) is 0 Å². The highest BCUT2D eigenvalue weighted by molar-refractivity contribution is 6.30. The van der Waals surface area contributed by atoms with E-state index in [-0.39, 0.29) is 5.56 Å². The second-order valence-electron chi connectivity index (χ2n) is 3.90. The molecule has 0 spiro atoms. The lowest BCUT2D eigenvalue weighted by atomic mass is 10.2. The van der Waals surface area contributed by atoms with E-state index in [0.29, 0.717) is 22.6 Å². The number of halogens is 1. The van der Waals surface area contributed by atoms with Gasteiger partial charge in [-0.1, -0.05) is 23.7 Å². The zero-order valence-electron chi connectivity index (χ0n) is 9.30. The minimum atomic E-state index is -0.183. The number of fused-ring (bicyclic) bond motifs is 1. The first-order chi connectivity index (χ1) is 8.74. The minimum absolute atomic E-state index is 0.183. The van der Waals surface area contributed by atoms with Gasteiger partial charge in [0.25, 0.3) is 5.56 Å². The van der Waals surface area contributed by atoms with Crippen molar-refractivity contribution in [2.45, 2.75) is 6.54 Å². The van der Waals surface area contributed by atoms with E-state index in [0.717, 1.165) is 5.56 Å². The Balaban J connectivity index is 2.06. The predicted molar refractivity (Wildman–Crippen MR) is 68.7 cm³/mol. The summed E-state index contributed by atoms with van der Waals surface area (Å²) in [4.78, 5) is 18.2. The predicted octanol–water partition coefficient (Wildman–Crippen LogP) is 1.82. The van der Waals surface area contributed by atoms with E-state index in [4.69, 9.17) is 11.6 Å². The van der Waals surface area contributed by atoms with Gasteiger partial charge in [-0.05, 0) is 17.7 Å². The molecule has 0 fully saturated rings. The summed E-state index contributed by atoms with van der Waals surface area (Å²) in [7, 11) is 0. The van der Waals surface area contributed by atoms with Crippen LogP contribution in [0.15, 0.2) is 41.6 Å². The maximum atomic E-state index is 11.5. The lowest BCUT2D eigenvalue weighted by Gasteiger charge is -2.03. The molecule has 0 aliphatic heterocycles. The lowest BCUT2D eigenvalue weighted by molar-refractivity contribution is 0.703. The standard InChI is InChI=1S/C12H9ClN4O/c13-9-3-1-2-8(4-9)6-17-11-10(5-16-17)12(18)15-7-14-11/h1-5,7H,6H2,(H,14,15,18). The first-order valence-electron chi connectivity index (χ1n) is 5.38. The Hall–Kier alpha value is -2.14. The number of nitrogens with one attached hydrogen (secondary N) is 1. The normalized spacial score (nSPS) is 10.9. The van der Waals surface area contributed by atoms with Crippen molar-refractivity contribution in [2.75, 3.05) is 0 Å². The molecule has 1 N–H and O–H groups in total. The molecule has 2 aromatic heterocycles. The molecule has 0 atom stereocenters. The van der Waals surface area contributed by atoms with Crippen LogP contribution < -0.4 is 5.56 Å². The molecule has 0 bridgehead atoms. The zero-order chi connectivity index (χ0) is 12.5. The summed E-state index contributed by atoms with van der Waals surface area (Å²) in [5.41, 5.74) is 1.39. The topological polar surface area (TPSA) is 63.6 Å². The summed E-state index contributed by atoms with van der Waals surface area (Å²) < 4.78 is 1.68. The number of nitrogens with zero attached hydrogens (tertiary/aromatic N) is 3. The maximum Gasteiger partial charge on any atom is 0.261 e. The molecule has 0 radical (unpaired) electrons. The van der Waals surface area contributed by atoms with Gasteiger partial charge in [0.2, 0.25) is 0 Å². The summed E-state index contributed by atoms with van der Waals surface area (Å²) >= 11 is 5.93. The molecular weight excluding hydrogens is 252 g/mol. The summed E-state index contributed by atoms with van der Waals surface area (Å²) in [5.74, 6) is 0. The Morgan fingerprint density at radius 3 is 3.11 bits per heavy atom. The van der Waals surface area contributed by atoms with E-state index < -0.39 is 0 Å². The molecule has 0 saturated carbocycles. The number of H-pyrrole nitrogens is 1. The van der Waals surface area contributed by atoms with Crippen LogP contribution in [0.5, 0.6) is 0 Å². The molecular formula is C12H9ClN4O. The van der Waals surface area contributed by atoms with Crippen LogP contribution in [0.25, 0.3) is 11.0 Å². The van der Waals surface area contributed by atoms with E-state index in [2.05, 4.69) is 15.1 Å². The van der Waals surface area contributed by atoms with Crippen LogP contribution >= 0.6 is 11.6 Å². The first kappa shape index (κ1) is 11.0. The van der Waals surface area contributed by atoms with Crippen molar-refractivity contribution >= 4 is 22.6 Å². The van der Waals surface area contributed by atoms with E-state index in [1.165, 1.54) is 12.5 Å². The fraction of sp³-hybridized carbons (Fsp3) is 0.0833. The van der Waals surface area contributed by atoms with Crippen LogP contribution in [0.1, 0.15) is 5.56 Å². The van der Waals surface area contributed by atoms with Gasteiger partial charge in [-0.25, -0.2) is 9.67 Å². The molecule has 3 aromatic rings. The van der Waals surface area contributed by atoms with E-state index in [9.17, 15) is 4.79 Å². The third-order valence-electron chi connectivity index (χ3n) is 2.66. The Kier molecular flexibility index (Phi) is 2.60. The summed E-state index contributed by atoms with van der Waals surface area (Å²) in [6.07, 6.45) is 2.90. The van der Waals surface area contributed by atoms with Crippen LogP contribution in [0.3, 0.4) is 0 Å². The number of aromatic nitrogens is 4. The van der Waals surface area contributed by atoms with Crippen LogP contribution in [-0.4, -0.2) is 19.7 Å². The van der Waals surface area contributed by atoms with Crippen molar-refractivity contribution in [3.8, 4) is 0 Å². The van der Waals surface area contributed by atoms with Crippen LogP contribution in [-0.2, 0) is 6.54 Å². The van der Waals surface area contributed by atoms with Gasteiger partial charge in [-0.3, -0.25) is 4.79 Å². The first-order valence-corrected chi connectivity index (χ1v) is 5.75. The van der Waals surface area contributed by atoms with Crippen molar-refractivity contribution in [1.29, 1.82) is 0 Å². The third kappa shape index (κ3) is 1.89. The number of aromatic amines is 1. The molecule has 90 valence electrons. The van der Waals surface area contributed by atoms with Gasteiger partial charge in [0.1, 0.15) is 5.39 Å². The van der Waals surface area contributed by atoms with Gasteiger partial charge in [-0.2, -0.15) is 5.10 Å². The van der Waals surface area contributed by atoms with Crippen molar-refractivity contribution in [3.05, 3.63) is 57.7 Å². The molecule has 0 aliphatic rings. The molecule has 3 rings (SSSR count). The van der Waals surface area contributed by atoms with Crippen molar-refractivity contribution in [3.63, 3.8) is 0 Å². The minimum Gasteiger partial charge on any atom is -0.312 e. The van der Waals surface area contributed by atoms with E-state index in [1.54, 1.807) is 4.68 Å².